The maximum Gasteiger partial charge on any atom is 0.251 e. The van der Waals surface area contributed by atoms with E-state index in [-0.39, 0.29) is 35.6 Å². The molecular weight excluding hydrogens is 469 g/mol. The monoisotopic (exact) mass is 503 g/mol. The van der Waals surface area contributed by atoms with Crippen molar-refractivity contribution in [2.24, 2.45) is 4.99 Å². The standard InChI is InChI=1S/C20H33N5O2.HI/c1-4-21-20(24(3)15-17-7-6-14-25(17)5-2)23-13-12-22-19(27)16-8-10-18(26)11-9-16;/h8-11,17,26H,4-7,12-15H2,1-3H3,(H,21,23)(H,22,27);1H. The summed E-state index contributed by atoms with van der Waals surface area (Å²) in [5.41, 5.74) is 0.529. The summed E-state index contributed by atoms with van der Waals surface area (Å²) in [7, 11) is 2.07. The van der Waals surface area contributed by atoms with E-state index in [4.69, 9.17) is 0 Å². The van der Waals surface area contributed by atoms with Gasteiger partial charge in [0.05, 0.1) is 6.54 Å². The Morgan fingerprint density at radius 3 is 2.64 bits per heavy atom. The van der Waals surface area contributed by atoms with Gasteiger partial charge in [-0.15, -0.1) is 24.0 Å². The minimum atomic E-state index is -0.159. The molecular formula is C20H34IN5O2. The van der Waals surface area contributed by atoms with Crippen LogP contribution in [-0.4, -0.2) is 79.1 Å². The third-order valence-electron chi connectivity index (χ3n) is 4.87. The molecule has 1 saturated heterocycles. The summed E-state index contributed by atoms with van der Waals surface area (Å²) in [4.78, 5) is 21.4. The lowest BCUT2D eigenvalue weighted by atomic mass is 10.2. The van der Waals surface area contributed by atoms with Crippen molar-refractivity contribution in [2.45, 2.75) is 32.7 Å². The number of carbonyl (C=O) groups excluding carboxylic acids is 1. The molecule has 1 heterocycles. The predicted molar refractivity (Wildman–Crippen MR) is 125 cm³/mol. The molecule has 158 valence electrons. The van der Waals surface area contributed by atoms with Crippen molar-refractivity contribution in [3.8, 4) is 5.75 Å². The second kappa shape index (κ2) is 12.8. The summed E-state index contributed by atoms with van der Waals surface area (Å²) in [6, 6.07) is 6.81. The second-order valence-electron chi connectivity index (χ2n) is 6.84. The Hall–Kier alpha value is -1.55. The van der Waals surface area contributed by atoms with Crippen molar-refractivity contribution in [3.05, 3.63) is 29.8 Å². The lowest BCUT2D eigenvalue weighted by Gasteiger charge is -2.29. The summed E-state index contributed by atoms with van der Waals surface area (Å²) in [6.45, 7) is 9.30. The smallest absolute Gasteiger partial charge is 0.251 e. The third kappa shape index (κ3) is 7.46. The first-order valence-electron chi connectivity index (χ1n) is 9.85. The molecule has 1 atom stereocenters. The van der Waals surface area contributed by atoms with Crippen LogP contribution < -0.4 is 10.6 Å². The molecule has 0 aliphatic carbocycles. The molecule has 1 aromatic rings. The highest BCUT2D eigenvalue weighted by molar-refractivity contribution is 14.0. The number of hydrogen-bond donors (Lipinski definition) is 3. The first-order chi connectivity index (χ1) is 13.0. The Morgan fingerprint density at radius 2 is 2.00 bits per heavy atom. The molecule has 0 bridgehead atoms. The number of hydrogen-bond acceptors (Lipinski definition) is 4. The van der Waals surface area contributed by atoms with Gasteiger partial charge in [0.15, 0.2) is 5.96 Å². The lowest BCUT2D eigenvalue weighted by molar-refractivity contribution is 0.0955. The number of phenols is 1. The van der Waals surface area contributed by atoms with Crippen LogP contribution in [0.5, 0.6) is 5.75 Å². The largest absolute Gasteiger partial charge is 0.508 e. The number of benzene rings is 1. The third-order valence-corrected chi connectivity index (χ3v) is 4.87. The van der Waals surface area contributed by atoms with Crippen molar-refractivity contribution in [3.63, 3.8) is 0 Å². The van der Waals surface area contributed by atoms with Gasteiger partial charge in [0, 0.05) is 38.3 Å². The van der Waals surface area contributed by atoms with Crippen LogP contribution in [0.2, 0.25) is 0 Å². The van der Waals surface area contributed by atoms with Crippen molar-refractivity contribution in [1.29, 1.82) is 0 Å². The molecule has 1 aliphatic heterocycles. The molecule has 3 N–H and O–H groups in total. The Bertz CT molecular complexity index is 624. The van der Waals surface area contributed by atoms with Crippen LogP contribution >= 0.6 is 24.0 Å². The van der Waals surface area contributed by atoms with E-state index in [0.29, 0.717) is 24.7 Å². The van der Waals surface area contributed by atoms with Crippen molar-refractivity contribution >= 4 is 35.8 Å². The zero-order valence-electron chi connectivity index (χ0n) is 17.1. The molecule has 1 unspecified atom stereocenters. The SMILES string of the molecule is CCNC(=NCCNC(=O)c1ccc(O)cc1)N(C)CC1CCCN1CC.I. The first kappa shape index (κ1) is 24.5. The first-order valence-corrected chi connectivity index (χ1v) is 9.85. The predicted octanol–water partition coefficient (Wildman–Crippen LogP) is 2.12. The molecule has 8 heteroatoms. The number of rotatable bonds is 8. The maximum atomic E-state index is 12.1. The van der Waals surface area contributed by atoms with Gasteiger partial charge in [0.1, 0.15) is 5.75 Å². The van der Waals surface area contributed by atoms with Crippen molar-refractivity contribution < 1.29 is 9.90 Å². The minimum absolute atomic E-state index is 0. The van der Waals surface area contributed by atoms with E-state index in [2.05, 4.69) is 46.3 Å². The second-order valence-corrected chi connectivity index (χ2v) is 6.84. The number of nitrogens with one attached hydrogen (secondary N) is 2. The van der Waals surface area contributed by atoms with Gasteiger partial charge in [-0.2, -0.15) is 0 Å². The Morgan fingerprint density at radius 1 is 1.29 bits per heavy atom. The van der Waals surface area contributed by atoms with Crippen molar-refractivity contribution in [2.75, 3.05) is 46.3 Å². The number of aromatic hydroxyl groups is 1. The van der Waals surface area contributed by atoms with E-state index < -0.39 is 0 Å². The Balaban J connectivity index is 0.00000392. The summed E-state index contributed by atoms with van der Waals surface area (Å²) in [5.74, 6) is 0.866. The number of halogens is 1. The maximum absolute atomic E-state index is 12.1. The molecule has 1 aliphatic rings. The number of guanidine groups is 1. The summed E-state index contributed by atoms with van der Waals surface area (Å²) in [6.07, 6.45) is 2.50. The normalized spacial score (nSPS) is 17.1. The summed E-state index contributed by atoms with van der Waals surface area (Å²) in [5, 5.41) is 15.5. The van der Waals surface area contributed by atoms with Gasteiger partial charge in [-0.1, -0.05) is 6.92 Å². The molecule has 1 amide bonds. The molecule has 0 radical (unpaired) electrons. The van der Waals surface area contributed by atoms with Crippen LogP contribution in [0, 0.1) is 0 Å². The zero-order chi connectivity index (χ0) is 19.6. The van der Waals surface area contributed by atoms with E-state index in [1.807, 2.05) is 0 Å². The lowest BCUT2D eigenvalue weighted by Crippen LogP contribution is -2.46. The summed E-state index contributed by atoms with van der Waals surface area (Å²) >= 11 is 0. The van der Waals surface area contributed by atoms with E-state index >= 15 is 0 Å². The van der Waals surface area contributed by atoms with Gasteiger partial charge < -0.3 is 20.6 Å². The van der Waals surface area contributed by atoms with E-state index in [9.17, 15) is 9.90 Å². The molecule has 1 fully saturated rings. The Kier molecular flexibility index (Phi) is 11.2. The number of likely N-dealkylation sites (tertiary alicyclic amines) is 1. The number of amides is 1. The Labute approximate surface area is 185 Å². The molecule has 2 rings (SSSR count). The number of phenolic OH excluding ortho intramolecular Hbond substituents is 1. The highest BCUT2D eigenvalue weighted by Crippen LogP contribution is 2.17. The van der Waals surface area contributed by atoms with Gasteiger partial charge in [0.2, 0.25) is 0 Å². The van der Waals surface area contributed by atoms with Gasteiger partial charge in [-0.3, -0.25) is 14.7 Å². The topological polar surface area (TPSA) is 80.2 Å². The average Bonchev–Trinajstić information content (AvgIpc) is 3.11. The number of nitrogens with zero attached hydrogens (tertiary/aromatic N) is 3. The zero-order valence-corrected chi connectivity index (χ0v) is 19.5. The van der Waals surface area contributed by atoms with Crippen LogP contribution in [0.25, 0.3) is 0 Å². The van der Waals surface area contributed by atoms with Crippen LogP contribution in [0.3, 0.4) is 0 Å². The minimum Gasteiger partial charge on any atom is -0.508 e. The van der Waals surface area contributed by atoms with E-state index in [0.717, 1.165) is 25.6 Å². The fraction of sp³-hybridized carbons (Fsp3) is 0.600. The molecule has 28 heavy (non-hydrogen) atoms. The highest BCUT2D eigenvalue weighted by Gasteiger charge is 2.24. The van der Waals surface area contributed by atoms with Crippen LogP contribution in [-0.2, 0) is 0 Å². The van der Waals surface area contributed by atoms with Crippen LogP contribution in [0.15, 0.2) is 29.3 Å². The van der Waals surface area contributed by atoms with E-state index in [1.165, 1.54) is 31.5 Å². The van der Waals surface area contributed by atoms with Gasteiger partial charge >= 0.3 is 0 Å². The van der Waals surface area contributed by atoms with E-state index in [1.54, 1.807) is 12.1 Å². The summed E-state index contributed by atoms with van der Waals surface area (Å²) < 4.78 is 0. The molecule has 0 saturated carbocycles. The average molecular weight is 503 g/mol. The van der Waals surface area contributed by atoms with Crippen LogP contribution in [0.1, 0.15) is 37.0 Å². The molecule has 7 nitrogen and oxygen atoms in total. The molecule has 0 aromatic heterocycles. The fourth-order valence-corrected chi connectivity index (χ4v) is 3.44. The fourth-order valence-electron chi connectivity index (χ4n) is 3.44. The highest BCUT2D eigenvalue weighted by atomic mass is 127. The molecule has 0 spiro atoms. The van der Waals surface area contributed by atoms with Gasteiger partial charge in [-0.05, 0) is 57.1 Å². The number of aliphatic imine (C=N–C) groups is 1. The number of likely N-dealkylation sites (N-methyl/N-ethyl adjacent to an activating group) is 2. The van der Waals surface area contributed by atoms with Crippen molar-refractivity contribution in [1.82, 2.24) is 20.4 Å². The van der Waals surface area contributed by atoms with Gasteiger partial charge in [0.25, 0.3) is 5.91 Å². The van der Waals surface area contributed by atoms with Crippen LogP contribution in [0.4, 0.5) is 0 Å². The number of carbonyl (C=O) groups is 1. The van der Waals surface area contributed by atoms with Gasteiger partial charge in [-0.25, -0.2) is 0 Å². The molecule has 1 aromatic carbocycles. The quantitative estimate of drug-likeness (QED) is 0.219.